The maximum Gasteiger partial charge on any atom is 0.211 e. The molecule has 66 valence electrons. The van der Waals surface area contributed by atoms with E-state index in [-0.39, 0.29) is 5.23 Å². The highest BCUT2D eigenvalue weighted by Crippen LogP contribution is 2.02. The van der Waals surface area contributed by atoms with Crippen LogP contribution < -0.4 is 0 Å². The molecule has 6 heteroatoms. The molecule has 0 aromatic carbocycles. The van der Waals surface area contributed by atoms with Crippen LogP contribution in [-0.2, 0) is 7.05 Å². The van der Waals surface area contributed by atoms with E-state index in [1.807, 2.05) is 0 Å². The van der Waals surface area contributed by atoms with Crippen molar-refractivity contribution in [2.75, 3.05) is 0 Å². The lowest BCUT2D eigenvalue weighted by Gasteiger charge is -1.96. The Morgan fingerprint density at radius 3 is 2.75 bits per heavy atom. The predicted octanol–water partition coefficient (Wildman–Crippen LogP) is 0.610. The van der Waals surface area contributed by atoms with E-state index in [4.69, 9.17) is 10.4 Å². The van der Waals surface area contributed by atoms with E-state index in [9.17, 15) is 4.39 Å². The van der Waals surface area contributed by atoms with Crippen molar-refractivity contribution in [2.24, 2.45) is 7.05 Å². The minimum absolute atomic E-state index is 0.132. The molecule has 0 amide bonds. The first-order valence-electron chi connectivity index (χ1n) is 3.14. The lowest BCUT2D eigenvalue weighted by Crippen LogP contribution is -2.02. The highest BCUT2D eigenvalue weighted by molar-refractivity contribution is 5.42. The van der Waals surface area contributed by atoms with Crippen LogP contribution in [0.25, 0.3) is 6.08 Å². The van der Waals surface area contributed by atoms with Crippen molar-refractivity contribution in [2.45, 2.75) is 0 Å². The van der Waals surface area contributed by atoms with Gasteiger partial charge in [-0.05, 0) is 6.08 Å². The zero-order valence-electron chi connectivity index (χ0n) is 6.35. The van der Waals surface area contributed by atoms with E-state index >= 15 is 0 Å². The number of aryl methyl sites for hydroxylation is 1. The summed E-state index contributed by atoms with van der Waals surface area (Å²) in [6, 6.07) is 1.17. The number of nitrogens with zero attached hydrogens (tertiary/aromatic N) is 3. The molecule has 1 aromatic heterocycles. The fraction of sp³-hybridized carbons (Fsp3) is 0.167. The van der Waals surface area contributed by atoms with Gasteiger partial charge in [-0.15, -0.1) is 5.23 Å². The molecule has 0 bridgehead atoms. The standard InChI is InChI=1S/C6H8FN3O2/c1-9-6(7)4-5(8-9)2-3-10(11)12/h2-4,11-12H,1H3/b3-2+. The first-order chi connectivity index (χ1) is 5.59. The van der Waals surface area contributed by atoms with Crippen LogP contribution in [0.15, 0.2) is 12.3 Å². The smallest absolute Gasteiger partial charge is 0.211 e. The summed E-state index contributed by atoms with van der Waals surface area (Å²) in [5.41, 5.74) is 0.308. The Morgan fingerprint density at radius 2 is 2.33 bits per heavy atom. The molecule has 0 aliphatic carbocycles. The minimum atomic E-state index is -0.489. The van der Waals surface area contributed by atoms with Gasteiger partial charge in [0.1, 0.15) is 0 Å². The van der Waals surface area contributed by atoms with Gasteiger partial charge in [0.25, 0.3) is 0 Å². The van der Waals surface area contributed by atoms with Crippen LogP contribution >= 0.6 is 0 Å². The molecule has 0 atom stereocenters. The van der Waals surface area contributed by atoms with Crippen molar-refractivity contribution in [3.8, 4) is 0 Å². The van der Waals surface area contributed by atoms with Crippen molar-refractivity contribution in [1.82, 2.24) is 15.0 Å². The SMILES string of the molecule is Cn1nc(/C=C/N(O)O)cc1F. The van der Waals surface area contributed by atoms with Crippen LogP contribution in [0.3, 0.4) is 0 Å². The van der Waals surface area contributed by atoms with Gasteiger partial charge in [0.15, 0.2) is 0 Å². The summed E-state index contributed by atoms with van der Waals surface area (Å²) < 4.78 is 13.6. The molecule has 2 N–H and O–H groups in total. The summed E-state index contributed by atoms with van der Waals surface area (Å²) in [4.78, 5) is 0. The summed E-state index contributed by atoms with van der Waals surface area (Å²) in [7, 11) is 1.45. The van der Waals surface area contributed by atoms with Gasteiger partial charge in [0, 0.05) is 13.1 Å². The first-order valence-corrected chi connectivity index (χ1v) is 3.14. The third kappa shape index (κ3) is 2.04. The number of halogens is 1. The second kappa shape index (κ2) is 3.33. The highest BCUT2D eigenvalue weighted by Gasteiger charge is 1.99. The van der Waals surface area contributed by atoms with Crippen molar-refractivity contribution >= 4 is 6.08 Å². The second-order valence-corrected chi connectivity index (χ2v) is 2.15. The van der Waals surface area contributed by atoms with Gasteiger partial charge in [-0.2, -0.15) is 9.49 Å². The van der Waals surface area contributed by atoms with E-state index in [0.717, 1.165) is 10.9 Å². The number of aromatic nitrogens is 2. The zero-order valence-corrected chi connectivity index (χ0v) is 6.35. The van der Waals surface area contributed by atoms with Gasteiger partial charge in [-0.1, -0.05) is 0 Å². The third-order valence-electron chi connectivity index (χ3n) is 1.22. The van der Waals surface area contributed by atoms with Gasteiger partial charge in [-0.25, -0.2) is 4.68 Å². The van der Waals surface area contributed by atoms with Crippen molar-refractivity contribution in [1.29, 1.82) is 0 Å². The van der Waals surface area contributed by atoms with Crippen LogP contribution in [-0.4, -0.2) is 25.4 Å². The average Bonchev–Trinajstić information content (AvgIpc) is 2.28. The van der Waals surface area contributed by atoms with Crippen molar-refractivity contribution in [3.05, 3.63) is 23.9 Å². The number of hydrogen-bond acceptors (Lipinski definition) is 4. The normalized spacial score (nSPS) is 11.0. The van der Waals surface area contributed by atoms with Crippen LogP contribution in [0.5, 0.6) is 0 Å². The second-order valence-electron chi connectivity index (χ2n) is 2.15. The maximum absolute atomic E-state index is 12.6. The highest BCUT2D eigenvalue weighted by atomic mass is 19.1. The van der Waals surface area contributed by atoms with E-state index < -0.39 is 5.95 Å². The van der Waals surface area contributed by atoms with Crippen LogP contribution in [0.4, 0.5) is 4.39 Å². The Labute approximate surface area is 67.9 Å². The number of hydrogen-bond donors (Lipinski definition) is 2. The fourth-order valence-corrected chi connectivity index (χ4v) is 0.690. The molecular weight excluding hydrogens is 165 g/mol. The topological polar surface area (TPSA) is 61.5 Å². The van der Waals surface area contributed by atoms with Crippen molar-refractivity contribution < 1.29 is 14.8 Å². The Hall–Kier alpha value is -1.40. The Balaban J connectivity index is 2.77. The van der Waals surface area contributed by atoms with Crippen molar-refractivity contribution in [3.63, 3.8) is 0 Å². The predicted molar refractivity (Wildman–Crippen MR) is 37.6 cm³/mol. The largest absolute Gasteiger partial charge is 0.264 e. The van der Waals surface area contributed by atoms with Gasteiger partial charge < -0.3 is 0 Å². The first kappa shape index (κ1) is 8.69. The summed E-state index contributed by atoms with van der Waals surface area (Å²) >= 11 is 0. The molecule has 1 rings (SSSR count). The third-order valence-corrected chi connectivity index (χ3v) is 1.22. The molecule has 0 spiro atoms. The molecule has 0 aliphatic heterocycles. The monoisotopic (exact) mass is 173 g/mol. The molecule has 0 aliphatic rings. The van der Waals surface area contributed by atoms with Gasteiger partial charge >= 0.3 is 0 Å². The average molecular weight is 173 g/mol. The molecule has 12 heavy (non-hydrogen) atoms. The Morgan fingerprint density at radius 1 is 1.67 bits per heavy atom. The van der Waals surface area contributed by atoms with E-state index in [2.05, 4.69) is 5.10 Å². The maximum atomic E-state index is 12.6. The number of rotatable bonds is 2. The van der Waals surface area contributed by atoms with Gasteiger partial charge in [0.2, 0.25) is 5.95 Å². The lowest BCUT2D eigenvalue weighted by atomic mass is 10.4. The molecule has 0 unspecified atom stereocenters. The molecule has 0 fully saturated rings. The summed E-state index contributed by atoms with van der Waals surface area (Å²) in [6.45, 7) is 0. The van der Waals surface area contributed by atoms with Crippen LogP contribution in [0, 0.1) is 5.95 Å². The van der Waals surface area contributed by atoms with E-state index in [1.165, 1.54) is 19.2 Å². The number of hydroxylamine groups is 2. The molecule has 0 saturated carbocycles. The van der Waals surface area contributed by atoms with Crippen LogP contribution in [0.1, 0.15) is 5.69 Å². The summed E-state index contributed by atoms with van der Waals surface area (Å²) in [5, 5.41) is 20.1. The zero-order chi connectivity index (χ0) is 9.14. The molecular formula is C6H8FN3O2. The molecule has 5 nitrogen and oxygen atoms in total. The molecule has 1 aromatic rings. The van der Waals surface area contributed by atoms with Gasteiger partial charge in [0.05, 0.1) is 11.9 Å². The lowest BCUT2D eigenvalue weighted by molar-refractivity contribution is -0.266. The summed E-state index contributed by atoms with van der Waals surface area (Å²) in [5.74, 6) is -0.489. The Kier molecular flexibility index (Phi) is 2.41. The van der Waals surface area contributed by atoms with E-state index in [0.29, 0.717) is 5.69 Å². The minimum Gasteiger partial charge on any atom is -0.264 e. The van der Waals surface area contributed by atoms with Crippen LogP contribution in [0.2, 0.25) is 0 Å². The molecule has 1 heterocycles. The fourth-order valence-electron chi connectivity index (χ4n) is 0.690. The molecule has 0 saturated heterocycles. The van der Waals surface area contributed by atoms with E-state index in [1.54, 1.807) is 0 Å². The summed E-state index contributed by atoms with van der Waals surface area (Å²) in [6.07, 6.45) is 2.19. The quantitative estimate of drug-likeness (QED) is 0.643. The molecule has 0 radical (unpaired) electrons. The Bertz CT molecular complexity index is 275. The van der Waals surface area contributed by atoms with Gasteiger partial charge in [-0.3, -0.25) is 10.4 Å².